The number of benzene rings is 3. The number of hydrogen-bond acceptors (Lipinski definition) is 4. The van der Waals surface area contributed by atoms with Crippen molar-refractivity contribution in [3.05, 3.63) is 101 Å². The minimum Gasteiger partial charge on any atom is -1.00 e. The van der Waals surface area contributed by atoms with Crippen molar-refractivity contribution in [1.82, 2.24) is 9.13 Å². The smallest absolute Gasteiger partial charge is 1.00 e. The standard InChI is InChI=1S/C33H33FN2O5.Na.H/c1-20(2)35-28(17-16-24(37)18-25(38)19-29(39)40)30(21-12-14-22(34)15-13-21)31-26-10-6-7-11-27(26)36(33(41)32(31)35)23-8-4-3-5-9-23;;/h3-15,20,24-25,37-38H,16-19H2,1-2H3,(H,39,40);;/q;+1;-1. The summed E-state index contributed by atoms with van der Waals surface area (Å²) in [6.07, 6.45) is -2.07. The van der Waals surface area contributed by atoms with Crippen LogP contribution in [0.15, 0.2) is 83.7 Å². The van der Waals surface area contributed by atoms with Gasteiger partial charge in [0.25, 0.3) is 5.56 Å². The van der Waals surface area contributed by atoms with Crippen LogP contribution in [0.5, 0.6) is 0 Å². The van der Waals surface area contributed by atoms with Crippen molar-refractivity contribution in [2.24, 2.45) is 0 Å². The van der Waals surface area contributed by atoms with E-state index in [1.807, 2.05) is 73.0 Å². The third kappa shape index (κ3) is 6.23. The topological polar surface area (TPSA) is 105 Å². The molecule has 5 rings (SSSR count). The maximum atomic E-state index is 14.4. The fraction of sp³-hybridized carbons (Fsp3) is 0.273. The molecule has 3 aromatic carbocycles. The van der Waals surface area contributed by atoms with Gasteiger partial charge in [-0.05, 0) is 69.0 Å². The summed E-state index contributed by atoms with van der Waals surface area (Å²) in [5, 5.41) is 31.4. The molecule has 0 amide bonds. The number of hydrogen-bond donors (Lipinski definition) is 3. The van der Waals surface area contributed by atoms with Gasteiger partial charge in [0.15, 0.2) is 0 Å². The van der Waals surface area contributed by atoms with Gasteiger partial charge < -0.3 is 21.3 Å². The monoisotopic (exact) mass is 580 g/mol. The fourth-order valence-electron chi connectivity index (χ4n) is 5.80. The van der Waals surface area contributed by atoms with Gasteiger partial charge in [0.2, 0.25) is 0 Å². The number of carbonyl (C=O) groups is 1. The van der Waals surface area contributed by atoms with Crippen LogP contribution >= 0.6 is 0 Å². The Kier molecular flexibility index (Phi) is 10.1. The molecule has 2 aromatic heterocycles. The van der Waals surface area contributed by atoms with Crippen molar-refractivity contribution in [2.75, 3.05) is 0 Å². The molecule has 2 unspecified atom stereocenters. The van der Waals surface area contributed by atoms with Gasteiger partial charge in [-0.15, -0.1) is 0 Å². The van der Waals surface area contributed by atoms with Crippen LogP contribution in [-0.4, -0.2) is 42.6 Å². The molecule has 0 aliphatic heterocycles. The molecule has 0 radical (unpaired) electrons. The number of halogens is 1. The largest absolute Gasteiger partial charge is 1.00 e. The van der Waals surface area contributed by atoms with E-state index in [1.165, 1.54) is 12.1 Å². The second kappa shape index (κ2) is 13.4. The summed E-state index contributed by atoms with van der Waals surface area (Å²) >= 11 is 0. The zero-order chi connectivity index (χ0) is 29.3. The first-order chi connectivity index (χ1) is 19.7. The number of aliphatic hydroxyl groups is 2. The van der Waals surface area contributed by atoms with E-state index in [1.54, 1.807) is 16.7 Å². The summed E-state index contributed by atoms with van der Waals surface area (Å²) in [6, 6.07) is 23.2. The van der Waals surface area contributed by atoms with E-state index in [0.29, 0.717) is 11.9 Å². The molecule has 2 heterocycles. The Morgan fingerprint density at radius 2 is 1.57 bits per heavy atom. The van der Waals surface area contributed by atoms with E-state index in [-0.39, 0.29) is 61.2 Å². The van der Waals surface area contributed by atoms with Crippen molar-refractivity contribution in [2.45, 2.75) is 57.8 Å². The van der Waals surface area contributed by atoms with Gasteiger partial charge in [-0.1, -0.05) is 48.5 Å². The zero-order valence-corrected chi connectivity index (χ0v) is 26.0. The first-order valence-corrected chi connectivity index (χ1v) is 13.8. The number of aliphatic hydroxyl groups excluding tert-OH is 2. The number of rotatable bonds is 10. The molecule has 0 saturated heterocycles. The van der Waals surface area contributed by atoms with E-state index >= 15 is 0 Å². The number of aromatic nitrogens is 2. The molecule has 9 heteroatoms. The molecule has 42 heavy (non-hydrogen) atoms. The van der Waals surface area contributed by atoms with E-state index in [2.05, 4.69) is 0 Å². The number of carboxylic acid groups (broad SMARTS) is 1. The number of pyridine rings is 1. The summed E-state index contributed by atoms with van der Waals surface area (Å²) in [4.78, 5) is 25.4. The molecule has 0 spiro atoms. The summed E-state index contributed by atoms with van der Waals surface area (Å²) in [7, 11) is 0. The van der Waals surface area contributed by atoms with E-state index in [4.69, 9.17) is 5.11 Å². The molecule has 0 bridgehead atoms. The third-order valence-electron chi connectivity index (χ3n) is 7.46. The van der Waals surface area contributed by atoms with Gasteiger partial charge in [-0.3, -0.25) is 14.2 Å². The summed E-state index contributed by atoms with van der Waals surface area (Å²) in [5.41, 5.74) is 4.14. The Morgan fingerprint density at radius 1 is 0.929 bits per heavy atom. The predicted octanol–water partition coefficient (Wildman–Crippen LogP) is 2.97. The van der Waals surface area contributed by atoms with Crippen LogP contribution in [0.4, 0.5) is 4.39 Å². The van der Waals surface area contributed by atoms with E-state index < -0.39 is 24.6 Å². The Labute approximate surface area is 266 Å². The molecular formula is C33H34FN2NaO5. The van der Waals surface area contributed by atoms with Crippen molar-refractivity contribution in [1.29, 1.82) is 0 Å². The third-order valence-corrected chi connectivity index (χ3v) is 7.46. The van der Waals surface area contributed by atoms with E-state index in [9.17, 15) is 24.2 Å². The van der Waals surface area contributed by atoms with Crippen LogP contribution < -0.4 is 35.1 Å². The Morgan fingerprint density at radius 3 is 2.21 bits per heavy atom. The Balaban J connectivity index is 0.00000253. The SMILES string of the molecule is CC(C)n1c(CCC(O)CC(O)CC(=O)O)c(-c2ccc(F)cc2)c2c3ccccc3n(-c3ccccc3)c(=O)c21.[H-].[Na+]. The normalized spacial score (nSPS) is 12.9. The quantitative estimate of drug-likeness (QED) is 0.221. The summed E-state index contributed by atoms with van der Waals surface area (Å²) < 4.78 is 17.7. The van der Waals surface area contributed by atoms with Gasteiger partial charge in [0.05, 0.1) is 24.1 Å². The summed E-state index contributed by atoms with van der Waals surface area (Å²) in [5.74, 6) is -1.51. The van der Waals surface area contributed by atoms with Gasteiger partial charge >= 0.3 is 35.5 Å². The molecule has 0 aliphatic carbocycles. The van der Waals surface area contributed by atoms with Crippen molar-refractivity contribution in [3.63, 3.8) is 0 Å². The second-order valence-electron chi connectivity index (χ2n) is 10.7. The number of aliphatic carboxylic acids is 1. The maximum absolute atomic E-state index is 14.4. The van der Waals surface area contributed by atoms with Crippen molar-refractivity contribution >= 4 is 27.8 Å². The molecule has 7 nitrogen and oxygen atoms in total. The average Bonchev–Trinajstić information content (AvgIpc) is 3.28. The van der Waals surface area contributed by atoms with Crippen LogP contribution in [0, 0.1) is 5.82 Å². The summed E-state index contributed by atoms with van der Waals surface area (Å²) in [6.45, 7) is 3.98. The predicted molar refractivity (Wildman–Crippen MR) is 159 cm³/mol. The first-order valence-electron chi connectivity index (χ1n) is 13.8. The molecular weight excluding hydrogens is 546 g/mol. The van der Waals surface area contributed by atoms with Crippen molar-refractivity contribution < 1.29 is 55.5 Å². The molecule has 3 N–H and O–H groups in total. The van der Waals surface area contributed by atoms with Gasteiger partial charge in [-0.2, -0.15) is 0 Å². The van der Waals surface area contributed by atoms with Crippen LogP contribution in [0.3, 0.4) is 0 Å². The maximum Gasteiger partial charge on any atom is 1.00 e. The zero-order valence-electron chi connectivity index (χ0n) is 25.0. The van der Waals surface area contributed by atoms with Crippen LogP contribution in [-0.2, 0) is 11.2 Å². The van der Waals surface area contributed by atoms with Crippen LogP contribution in [0.2, 0.25) is 0 Å². The molecule has 214 valence electrons. The van der Waals surface area contributed by atoms with E-state index in [0.717, 1.165) is 38.8 Å². The number of fused-ring (bicyclic) bond motifs is 3. The number of carboxylic acids is 1. The minimum absolute atomic E-state index is 0. The van der Waals surface area contributed by atoms with Gasteiger partial charge in [-0.25, -0.2) is 4.39 Å². The molecule has 5 aromatic rings. The number of para-hydroxylation sites is 2. The Bertz CT molecular complexity index is 1770. The van der Waals surface area contributed by atoms with Gasteiger partial charge in [0.1, 0.15) is 11.3 Å². The Hall–Kier alpha value is -3.27. The van der Waals surface area contributed by atoms with Crippen molar-refractivity contribution in [3.8, 4) is 16.8 Å². The molecule has 0 saturated carbocycles. The molecule has 0 fully saturated rings. The molecule has 0 aliphatic rings. The van der Waals surface area contributed by atoms with Gasteiger partial charge in [0, 0.05) is 33.8 Å². The average molecular weight is 581 g/mol. The molecule has 2 atom stereocenters. The first kappa shape index (κ1) is 31.7. The van der Waals surface area contributed by atoms with Crippen LogP contribution in [0.1, 0.15) is 46.3 Å². The second-order valence-corrected chi connectivity index (χ2v) is 10.7. The fourth-order valence-corrected chi connectivity index (χ4v) is 5.80. The van der Waals surface area contributed by atoms with Crippen LogP contribution in [0.25, 0.3) is 38.6 Å². The minimum atomic E-state index is -1.17. The number of nitrogens with zero attached hydrogens (tertiary/aromatic N) is 2.